The highest BCUT2D eigenvalue weighted by molar-refractivity contribution is 7.99. The van der Waals surface area contributed by atoms with E-state index < -0.39 is 0 Å². The van der Waals surface area contributed by atoms with E-state index in [4.69, 9.17) is 0 Å². The quantitative estimate of drug-likeness (QED) is 0.802. The van der Waals surface area contributed by atoms with Crippen LogP contribution in [0.3, 0.4) is 0 Å². The molecular formula is C16H17FOS. The molecule has 0 spiro atoms. The van der Waals surface area contributed by atoms with Crippen molar-refractivity contribution in [1.82, 2.24) is 0 Å². The first-order valence-corrected chi connectivity index (χ1v) is 7.32. The molecule has 0 aromatic heterocycles. The maximum Gasteiger partial charge on any atom is 0.123 e. The fourth-order valence-electron chi connectivity index (χ4n) is 1.96. The Hall–Kier alpha value is -1.32. The van der Waals surface area contributed by atoms with Crippen LogP contribution in [0.15, 0.2) is 59.5 Å². The minimum atomic E-state index is -0.244. The van der Waals surface area contributed by atoms with Gasteiger partial charge in [-0.3, -0.25) is 0 Å². The Morgan fingerprint density at radius 1 is 1.05 bits per heavy atom. The summed E-state index contributed by atoms with van der Waals surface area (Å²) < 4.78 is 13.2. The van der Waals surface area contributed by atoms with Gasteiger partial charge < -0.3 is 5.11 Å². The third-order valence-corrected chi connectivity index (χ3v) is 4.06. The van der Waals surface area contributed by atoms with Gasteiger partial charge in [-0.1, -0.05) is 30.3 Å². The van der Waals surface area contributed by atoms with Gasteiger partial charge in [0.25, 0.3) is 0 Å². The highest BCUT2D eigenvalue weighted by Gasteiger charge is 2.11. The smallest absolute Gasteiger partial charge is 0.123 e. The third kappa shape index (κ3) is 4.37. The topological polar surface area (TPSA) is 20.2 Å². The van der Waals surface area contributed by atoms with E-state index in [9.17, 15) is 9.50 Å². The number of thioether (sulfide) groups is 1. The molecule has 0 amide bonds. The zero-order valence-electron chi connectivity index (χ0n) is 10.6. The van der Waals surface area contributed by atoms with Crippen LogP contribution in [0.25, 0.3) is 0 Å². The number of rotatable bonds is 6. The third-order valence-electron chi connectivity index (χ3n) is 3.02. The van der Waals surface area contributed by atoms with E-state index in [1.807, 2.05) is 24.3 Å². The zero-order chi connectivity index (χ0) is 13.5. The van der Waals surface area contributed by atoms with Gasteiger partial charge in [-0.2, -0.15) is 0 Å². The van der Waals surface area contributed by atoms with Gasteiger partial charge in [0, 0.05) is 17.4 Å². The van der Waals surface area contributed by atoms with Crippen LogP contribution in [-0.2, 0) is 0 Å². The molecule has 0 saturated carbocycles. The second-order valence-corrected chi connectivity index (χ2v) is 5.55. The summed E-state index contributed by atoms with van der Waals surface area (Å²) in [5.74, 6) is 0.671. The van der Waals surface area contributed by atoms with Crippen molar-refractivity contribution in [3.63, 3.8) is 0 Å². The van der Waals surface area contributed by atoms with Crippen molar-refractivity contribution < 1.29 is 9.50 Å². The molecule has 1 unspecified atom stereocenters. The van der Waals surface area contributed by atoms with Gasteiger partial charge in [-0.05, 0) is 42.0 Å². The molecule has 0 aliphatic heterocycles. The molecule has 2 rings (SSSR count). The molecule has 100 valence electrons. The molecule has 0 aliphatic carbocycles. The van der Waals surface area contributed by atoms with Crippen LogP contribution in [0.1, 0.15) is 17.9 Å². The number of aliphatic hydroxyl groups excluding tert-OH is 1. The molecule has 2 aromatic carbocycles. The van der Waals surface area contributed by atoms with Crippen LogP contribution in [0.4, 0.5) is 4.39 Å². The second kappa shape index (κ2) is 7.31. The molecule has 1 nitrogen and oxygen atoms in total. The van der Waals surface area contributed by atoms with Gasteiger partial charge in [0.1, 0.15) is 5.82 Å². The van der Waals surface area contributed by atoms with Crippen molar-refractivity contribution in [3.8, 4) is 0 Å². The average molecular weight is 276 g/mol. The summed E-state index contributed by atoms with van der Waals surface area (Å²) in [4.78, 5) is 1.22. The highest BCUT2D eigenvalue weighted by atomic mass is 32.2. The fourth-order valence-corrected chi connectivity index (χ4v) is 2.95. The highest BCUT2D eigenvalue weighted by Crippen LogP contribution is 2.25. The van der Waals surface area contributed by atoms with Crippen molar-refractivity contribution in [2.75, 3.05) is 12.4 Å². The molecule has 0 radical (unpaired) electrons. The predicted molar refractivity (Wildman–Crippen MR) is 78.0 cm³/mol. The lowest BCUT2D eigenvalue weighted by atomic mass is 9.97. The van der Waals surface area contributed by atoms with E-state index in [2.05, 4.69) is 12.1 Å². The van der Waals surface area contributed by atoms with E-state index >= 15 is 0 Å². The van der Waals surface area contributed by atoms with Crippen LogP contribution in [-0.4, -0.2) is 17.5 Å². The number of hydrogen-bond donors (Lipinski definition) is 1. The first-order chi connectivity index (χ1) is 9.29. The van der Waals surface area contributed by atoms with E-state index in [0.717, 1.165) is 17.7 Å². The molecule has 2 aromatic rings. The van der Waals surface area contributed by atoms with E-state index in [1.165, 1.54) is 17.0 Å². The lowest BCUT2D eigenvalue weighted by Gasteiger charge is -2.14. The first kappa shape index (κ1) is 14.1. The standard InChI is InChI=1S/C16H17FOS/c17-15-6-4-5-13(11-15)14(12-18)9-10-19-16-7-2-1-3-8-16/h1-8,11,14,18H,9-10,12H2. The number of benzene rings is 2. The van der Waals surface area contributed by atoms with Crippen molar-refractivity contribution >= 4 is 11.8 Å². The van der Waals surface area contributed by atoms with Gasteiger partial charge in [0.15, 0.2) is 0 Å². The van der Waals surface area contributed by atoms with E-state index in [1.54, 1.807) is 17.8 Å². The summed E-state index contributed by atoms with van der Waals surface area (Å²) in [5, 5.41) is 9.44. The average Bonchev–Trinajstić information content (AvgIpc) is 2.45. The Bertz CT molecular complexity index is 501. The summed E-state index contributed by atoms with van der Waals surface area (Å²) in [6, 6.07) is 16.7. The molecule has 19 heavy (non-hydrogen) atoms. The molecule has 0 fully saturated rings. The van der Waals surface area contributed by atoms with E-state index in [0.29, 0.717) is 0 Å². The zero-order valence-corrected chi connectivity index (χ0v) is 11.4. The van der Waals surface area contributed by atoms with Gasteiger partial charge in [-0.25, -0.2) is 4.39 Å². The molecule has 0 bridgehead atoms. The molecular weight excluding hydrogens is 259 g/mol. The van der Waals surface area contributed by atoms with Gasteiger partial charge >= 0.3 is 0 Å². The van der Waals surface area contributed by atoms with Crippen molar-refractivity contribution in [2.24, 2.45) is 0 Å². The molecule has 0 saturated heterocycles. The van der Waals surface area contributed by atoms with Crippen molar-refractivity contribution in [2.45, 2.75) is 17.2 Å². The second-order valence-electron chi connectivity index (χ2n) is 4.38. The Morgan fingerprint density at radius 3 is 2.53 bits per heavy atom. The SMILES string of the molecule is OCC(CCSc1ccccc1)c1cccc(F)c1. The van der Waals surface area contributed by atoms with Crippen molar-refractivity contribution in [3.05, 3.63) is 66.0 Å². The monoisotopic (exact) mass is 276 g/mol. The Labute approximate surface area is 117 Å². The van der Waals surface area contributed by atoms with Crippen LogP contribution >= 0.6 is 11.8 Å². The fraction of sp³-hybridized carbons (Fsp3) is 0.250. The Morgan fingerprint density at radius 2 is 1.84 bits per heavy atom. The van der Waals surface area contributed by atoms with Gasteiger partial charge in [0.2, 0.25) is 0 Å². The van der Waals surface area contributed by atoms with Crippen LogP contribution < -0.4 is 0 Å². The lowest BCUT2D eigenvalue weighted by molar-refractivity contribution is 0.262. The summed E-state index contributed by atoms with van der Waals surface area (Å²) in [5.41, 5.74) is 0.871. The van der Waals surface area contributed by atoms with E-state index in [-0.39, 0.29) is 18.3 Å². The normalized spacial score (nSPS) is 12.3. The molecule has 0 aliphatic rings. The molecule has 3 heteroatoms. The lowest BCUT2D eigenvalue weighted by Crippen LogP contribution is -2.05. The summed E-state index contributed by atoms with van der Waals surface area (Å²) in [6.45, 7) is 0.0544. The molecule has 1 atom stereocenters. The summed E-state index contributed by atoms with van der Waals surface area (Å²) in [6.07, 6.45) is 0.833. The summed E-state index contributed by atoms with van der Waals surface area (Å²) >= 11 is 1.76. The molecule has 0 heterocycles. The van der Waals surface area contributed by atoms with Crippen LogP contribution in [0, 0.1) is 5.82 Å². The maximum absolute atomic E-state index is 13.2. The minimum Gasteiger partial charge on any atom is -0.396 e. The minimum absolute atomic E-state index is 0.00640. The largest absolute Gasteiger partial charge is 0.396 e. The molecule has 1 N–H and O–H groups in total. The Kier molecular flexibility index (Phi) is 5.43. The van der Waals surface area contributed by atoms with Crippen LogP contribution in [0.5, 0.6) is 0 Å². The number of hydrogen-bond acceptors (Lipinski definition) is 2. The van der Waals surface area contributed by atoms with Gasteiger partial charge in [0.05, 0.1) is 0 Å². The number of aliphatic hydroxyl groups is 1. The summed E-state index contributed by atoms with van der Waals surface area (Å²) in [7, 11) is 0. The number of halogens is 1. The first-order valence-electron chi connectivity index (χ1n) is 6.34. The maximum atomic E-state index is 13.2. The van der Waals surface area contributed by atoms with Crippen LogP contribution in [0.2, 0.25) is 0 Å². The van der Waals surface area contributed by atoms with Crippen molar-refractivity contribution in [1.29, 1.82) is 0 Å². The Balaban J connectivity index is 1.89. The van der Waals surface area contributed by atoms with Gasteiger partial charge in [-0.15, -0.1) is 11.8 Å². The predicted octanol–water partition coefficient (Wildman–Crippen LogP) is 4.08.